The Morgan fingerprint density at radius 2 is 1.77 bits per heavy atom. The number of benzene rings is 2. The number of nitrogens with zero attached hydrogens (tertiary/aromatic N) is 2. The maximum Gasteiger partial charge on any atom is 0.243 e. The lowest BCUT2D eigenvalue weighted by atomic mass is 9.94. The Morgan fingerprint density at radius 3 is 2.54 bits per heavy atom. The van der Waals surface area contributed by atoms with Gasteiger partial charge in [0, 0.05) is 32.2 Å². The van der Waals surface area contributed by atoms with Crippen LogP contribution >= 0.6 is 0 Å². The molecule has 3 heterocycles. The summed E-state index contributed by atoms with van der Waals surface area (Å²) >= 11 is 0. The minimum absolute atomic E-state index is 0.0495. The van der Waals surface area contributed by atoms with E-state index in [9.17, 15) is 12.8 Å². The summed E-state index contributed by atoms with van der Waals surface area (Å²) in [5.41, 5.74) is 1.25. The summed E-state index contributed by atoms with van der Waals surface area (Å²) in [6, 6.07) is 15.8. The molecule has 0 amide bonds. The maximum atomic E-state index is 13.5. The first-order valence-electron chi connectivity index (χ1n) is 9.06. The number of rotatable bonds is 4. The fourth-order valence-corrected chi connectivity index (χ4v) is 5.71. The lowest BCUT2D eigenvalue weighted by molar-refractivity contribution is 0.125. The van der Waals surface area contributed by atoms with Crippen molar-refractivity contribution in [2.45, 2.75) is 30.3 Å². The van der Waals surface area contributed by atoms with Gasteiger partial charge in [0.2, 0.25) is 10.0 Å². The second-order valence-electron chi connectivity index (χ2n) is 7.29. The van der Waals surface area contributed by atoms with Crippen LogP contribution in [0.5, 0.6) is 0 Å². The molecule has 138 valence electrons. The molecule has 2 atom stereocenters. The molecule has 0 aliphatic carbocycles. The van der Waals surface area contributed by atoms with E-state index in [0.717, 1.165) is 32.0 Å². The van der Waals surface area contributed by atoms with Crippen molar-refractivity contribution in [1.82, 2.24) is 9.21 Å². The van der Waals surface area contributed by atoms with E-state index in [0.29, 0.717) is 19.0 Å². The Labute approximate surface area is 154 Å². The highest BCUT2D eigenvalue weighted by molar-refractivity contribution is 7.89. The van der Waals surface area contributed by atoms with Gasteiger partial charge in [-0.1, -0.05) is 36.4 Å². The Bertz CT molecular complexity index is 872. The molecular formula is C20H23FN2O2S. The van der Waals surface area contributed by atoms with Gasteiger partial charge in [-0.3, -0.25) is 4.90 Å². The molecule has 0 saturated carbocycles. The minimum Gasteiger partial charge on any atom is -0.294 e. The molecule has 6 heteroatoms. The van der Waals surface area contributed by atoms with Crippen LogP contribution in [0.4, 0.5) is 4.39 Å². The van der Waals surface area contributed by atoms with Crippen LogP contribution in [0.25, 0.3) is 0 Å². The second kappa shape index (κ2) is 7.10. The lowest BCUT2D eigenvalue weighted by Crippen LogP contribution is -2.43. The third kappa shape index (κ3) is 3.54. The molecule has 3 aliphatic rings. The molecule has 3 aliphatic heterocycles. The van der Waals surface area contributed by atoms with Gasteiger partial charge in [0.1, 0.15) is 5.82 Å². The predicted octanol–water partition coefficient (Wildman–Crippen LogP) is 3.11. The fraction of sp³-hybridized carbons (Fsp3) is 0.400. The topological polar surface area (TPSA) is 40.6 Å². The van der Waals surface area contributed by atoms with E-state index in [2.05, 4.69) is 17.0 Å². The van der Waals surface area contributed by atoms with Crippen LogP contribution in [0, 0.1) is 11.7 Å². The normalized spacial score (nSPS) is 24.5. The third-order valence-corrected chi connectivity index (χ3v) is 7.28. The highest BCUT2D eigenvalue weighted by Crippen LogP contribution is 2.32. The molecule has 0 radical (unpaired) electrons. The average molecular weight is 374 g/mol. The van der Waals surface area contributed by atoms with Gasteiger partial charge in [-0.25, -0.2) is 12.8 Å². The van der Waals surface area contributed by atoms with Crippen LogP contribution in [0.15, 0.2) is 59.5 Å². The quantitative estimate of drug-likeness (QED) is 0.826. The van der Waals surface area contributed by atoms with Crippen molar-refractivity contribution in [2.24, 2.45) is 5.92 Å². The van der Waals surface area contributed by atoms with Crippen molar-refractivity contribution in [3.8, 4) is 0 Å². The summed E-state index contributed by atoms with van der Waals surface area (Å²) < 4.78 is 41.1. The average Bonchev–Trinajstić information content (AvgIpc) is 2.95. The number of sulfonamides is 1. The number of fused-ring (bicyclic) bond motifs is 4. The summed E-state index contributed by atoms with van der Waals surface area (Å²) in [4.78, 5) is 2.46. The number of hydrogen-bond donors (Lipinski definition) is 0. The van der Waals surface area contributed by atoms with Crippen LogP contribution in [0.2, 0.25) is 0 Å². The molecule has 4 nitrogen and oxygen atoms in total. The molecule has 0 N–H and O–H groups in total. The maximum absolute atomic E-state index is 13.5. The van der Waals surface area contributed by atoms with Gasteiger partial charge in [-0.2, -0.15) is 4.31 Å². The van der Waals surface area contributed by atoms with Gasteiger partial charge >= 0.3 is 0 Å². The van der Waals surface area contributed by atoms with Gasteiger partial charge < -0.3 is 0 Å². The molecule has 3 fully saturated rings. The molecule has 3 saturated heterocycles. The summed E-state index contributed by atoms with van der Waals surface area (Å²) in [6.07, 6.45) is 2.05. The van der Waals surface area contributed by atoms with E-state index in [-0.39, 0.29) is 10.9 Å². The zero-order chi connectivity index (χ0) is 18.1. The molecule has 2 bridgehead atoms. The van der Waals surface area contributed by atoms with E-state index >= 15 is 0 Å². The monoisotopic (exact) mass is 374 g/mol. The third-order valence-electron chi connectivity index (χ3n) is 5.46. The molecule has 2 aromatic carbocycles. The molecule has 2 unspecified atom stereocenters. The standard InChI is InChI=1S/C20H23FN2O2S/c21-18-7-4-8-20(11-18)26(24,25)23-14-17-9-10-19(15-23)22(13-17)12-16-5-2-1-3-6-16/h1-8,11,17,19H,9-10,12-15H2. The summed E-state index contributed by atoms with van der Waals surface area (Å²) in [5, 5.41) is 0. The Morgan fingerprint density at radius 1 is 0.962 bits per heavy atom. The Kier molecular flexibility index (Phi) is 4.82. The van der Waals surface area contributed by atoms with E-state index in [4.69, 9.17) is 0 Å². The molecule has 26 heavy (non-hydrogen) atoms. The van der Waals surface area contributed by atoms with Gasteiger partial charge in [0.05, 0.1) is 4.90 Å². The molecule has 5 rings (SSSR count). The first kappa shape index (κ1) is 17.6. The second-order valence-corrected chi connectivity index (χ2v) is 9.23. The van der Waals surface area contributed by atoms with Crippen LogP contribution in [0.1, 0.15) is 18.4 Å². The molecule has 2 aromatic rings. The van der Waals surface area contributed by atoms with Crippen molar-refractivity contribution in [1.29, 1.82) is 0 Å². The van der Waals surface area contributed by atoms with Crippen molar-refractivity contribution < 1.29 is 12.8 Å². The Hall–Kier alpha value is -1.76. The first-order valence-corrected chi connectivity index (χ1v) is 10.5. The van der Waals surface area contributed by atoms with Crippen molar-refractivity contribution in [2.75, 3.05) is 19.6 Å². The summed E-state index contributed by atoms with van der Waals surface area (Å²) in [7, 11) is -3.66. The number of hydrogen-bond acceptors (Lipinski definition) is 3. The van der Waals surface area contributed by atoms with Gasteiger partial charge in [0.15, 0.2) is 0 Å². The minimum atomic E-state index is -3.66. The highest BCUT2D eigenvalue weighted by atomic mass is 32.2. The molecular weight excluding hydrogens is 351 g/mol. The van der Waals surface area contributed by atoms with E-state index in [1.807, 2.05) is 18.2 Å². The Balaban J connectivity index is 1.56. The van der Waals surface area contributed by atoms with Gasteiger partial charge in [0.25, 0.3) is 0 Å². The number of piperidine rings is 1. The zero-order valence-corrected chi connectivity index (χ0v) is 15.4. The predicted molar refractivity (Wildman–Crippen MR) is 98.5 cm³/mol. The first-order chi connectivity index (χ1) is 12.5. The lowest BCUT2D eigenvalue weighted by Gasteiger charge is -2.36. The van der Waals surface area contributed by atoms with E-state index in [1.54, 1.807) is 4.31 Å². The van der Waals surface area contributed by atoms with E-state index < -0.39 is 15.8 Å². The van der Waals surface area contributed by atoms with Crippen LogP contribution in [-0.2, 0) is 16.6 Å². The van der Waals surface area contributed by atoms with Gasteiger partial charge in [-0.15, -0.1) is 0 Å². The smallest absolute Gasteiger partial charge is 0.243 e. The van der Waals surface area contributed by atoms with Crippen LogP contribution in [-0.4, -0.2) is 43.3 Å². The van der Waals surface area contributed by atoms with Crippen molar-refractivity contribution in [3.05, 3.63) is 66.0 Å². The summed E-state index contributed by atoms with van der Waals surface area (Å²) in [5.74, 6) is -0.199. The molecule has 0 aromatic heterocycles. The fourth-order valence-electron chi connectivity index (χ4n) is 4.12. The van der Waals surface area contributed by atoms with Gasteiger partial charge in [-0.05, 0) is 42.5 Å². The zero-order valence-electron chi connectivity index (χ0n) is 14.6. The van der Waals surface area contributed by atoms with E-state index in [1.165, 1.54) is 23.8 Å². The van der Waals surface area contributed by atoms with Crippen molar-refractivity contribution in [3.63, 3.8) is 0 Å². The largest absolute Gasteiger partial charge is 0.294 e. The van der Waals surface area contributed by atoms with Crippen LogP contribution < -0.4 is 0 Å². The number of halogens is 1. The molecule has 0 spiro atoms. The van der Waals surface area contributed by atoms with Crippen LogP contribution in [0.3, 0.4) is 0 Å². The SMILES string of the molecule is O=S(=O)(c1cccc(F)c1)N1CC2CCC(C1)N(Cc1ccccc1)C2. The summed E-state index contributed by atoms with van der Waals surface area (Å²) in [6.45, 7) is 2.74. The van der Waals surface area contributed by atoms with Crippen molar-refractivity contribution >= 4 is 10.0 Å². The highest BCUT2D eigenvalue weighted by Gasteiger charge is 2.39.